The number of halogens is 2. The van der Waals surface area contributed by atoms with Crippen molar-refractivity contribution in [2.75, 3.05) is 52.2 Å². The molecule has 2 aromatic heterocycles. The van der Waals surface area contributed by atoms with E-state index in [9.17, 15) is 4.79 Å². The largest absolute Gasteiger partial charge is 0.481 e. The van der Waals surface area contributed by atoms with Crippen molar-refractivity contribution in [1.82, 2.24) is 34.2 Å². The zero-order valence-electron chi connectivity index (χ0n) is 27.1. The number of anilines is 1. The Labute approximate surface area is 285 Å². The van der Waals surface area contributed by atoms with E-state index in [2.05, 4.69) is 33.3 Å². The highest BCUT2D eigenvalue weighted by molar-refractivity contribution is 6.39. The van der Waals surface area contributed by atoms with Crippen LogP contribution in [0.1, 0.15) is 29.7 Å². The molecule has 1 spiro atoms. The molecule has 244 valence electrons. The summed E-state index contributed by atoms with van der Waals surface area (Å²) < 4.78 is 7.82. The topological polar surface area (TPSA) is 91.6 Å². The number of methoxy groups -OCH3 is 1. The summed E-state index contributed by atoms with van der Waals surface area (Å²) in [7, 11) is 5.76. The second kappa shape index (κ2) is 12.2. The number of likely N-dealkylation sites (tertiary alicyclic amines) is 2. The SMILES string of the molecule is C=C(Nc1cccc(-c2cccc(-c3ncc(CN4CC5(C4)CN(C(C)=O)C5)c(OC)n3)c2Cl)c1Cl)c1nc2c(n1C)CCN(C)C2. The summed E-state index contributed by atoms with van der Waals surface area (Å²) in [5, 5.41) is 4.41. The number of aromatic nitrogens is 4. The van der Waals surface area contributed by atoms with Crippen molar-refractivity contribution in [2.45, 2.75) is 26.4 Å². The molecule has 1 N–H and O–H groups in total. The number of ether oxygens (including phenoxy) is 1. The molecular weight excluding hydrogens is 635 g/mol. The molecule has 2 saturated heterocycles. The maximum absolute atomic E-state index is 11.6. The normalized spacial score (nSPS) is 17.2. The van der Waals surface area contributed by atoms with E-state index in [1.54, 1.807) is 14.0 Å². The van der Waals surface area contributed by atoms with E-state index in [-0.39, 0.29) is 11.3 Å². The maximum Gasteiger partial charge on any atom is 0.221 e. The summed E-state index contributed by atoms with van der Waals surface area (Å²) in [6.45, 7) is 12.0. The first-order valence-corrected chi connectivity index (χ1v) is 16.5. The molecule has 3 aliphatic heterocycles. The van der Waals surface area contributed by atoms with Gasteiger partial charge < -0.3 is 24.4 Å². The van der Waals surface area contributed by atoms with Gasteiger partial charge in [-0.2, -0.15) is 4.98 Å². The van der Waals surface area contributed by atoms with E-state index >= 15 is 0 Å². The number of nitrogens with one attached hydrogen (secondary N) is 1. The van der Waals surface area contributed by atoms with Crippen LogP contribution in [-0.4, -0.2) is 87.0 Å². The lowest BCUT2D eigenvalue weighted by Gasteiger charge is -2.60. The van der Waals surface area contributed by atoms with Gasteiger partial charge in [-0.15, -0.1) is 0 Å². The van der Waals surface area contributed by atoms with Gasteiger partial charge in [-0.3, -0.25) is 9.69 Å². The summed E-state index contributed by atoms with van der Waals surface area (Å²) in [6, 6.07) is 11.6. The van der Waals surface area contributed by atoms with Gasteiger partial charge in [-0.1, -0.05) is 54.0 Å². The van der Waals surface area contributed by atoms with Crippen LogP contribution in [0.15, 0.2) is 49.2 Å². The Kier molecular flexibility index (Phi) is 8.24. The molecule has 2 fully saturated rings. The Morgan fingerprint density at radius 3 is 2.45 bits per heavy atom. The fraction of sp³-hybridized carbons (Fsp3) is 0.371. The highest BCUT2D eigenvalue weighted by atomic mass is 35.5. The van der Waals surface area contributed by atoms with Gasteiger partial charge in [0.1, 0.15) is 0 Å². The van der Waals surface area contributed by atoms with Gasteiger partial charge in [0.15, 0.2) is 11.6 Å². The van der Waals surface area contributed by atoms with Crippen LogP contribution in [0.5, 0.6) is 5.88 Å². The van der Waals surface area contributed by atoms with Gasteiger partial charge in [0.2, 0.25) is 11.8 Å². The van der Waals surface area contributed by atoms with Crippen LogP contribution in [-0.2, 0) is 31.4 Å². The Balaban J connectivity index is 1.09. The summed E-state index contributed by atoms with van der Waals surface area (Å²) in [5.74, 6) is 1.92. The molecule has 1 amide bonds. The number of imidazole rings is 1. The van der Waals surface area contributed by atoms with Crippen molar-refractivity contribution in [2.24, 2.45) is 12.5 Å². The fourth-order valence-electron chi connectivity index (χ4n) is 7.14. The smallest absolute Gasteiger partial charge is 0.221 e. The first-order valence-electron chi connectivity index (χ1n) is 15.7. The summed E-state index contributed by atoms with van der Waals surface area (Å²) >= 11 is 14.1. The van der Waals surface area contributed by atoms with Gasteiger partial charge in [-0.25, -0.2) is 9.97 Å². The van der Waals surface area contributed by atoms with Crippen LogP contribution in [0.4, 0.5) is 5.69 Å². The number of benzene rings is 2. The molecule has 10 nitrogen and oxygen atoms in total. The molecule has 0 bridgehead atoms. The monoisotopic (exact) mass is 672 g/mol. The first-order chi connectivity index (χ1) is 22.6. The van der Waals surface area contributed by atoms with Crippen LogP contribution in [0.25, 0.3) is 28.2 Å². The highest BCUT2D eigenvalue weighted by Crippen LogP contribution is 2.43. The number of rotatable bonds is 8. The van der Waals surface area contributed by atoms with Crippen LogP contribution in [0.2, 0.25) is 10.0 Å². The van der Waals surface area contributed by atoms with Crippen molar-refractivity contribution in [3.8, 4) is 28.4 Å². The second-order valence-corrected chi connectivity index (χ2v) is 13.8. The Bertz CT molecular complexity index is 1890. The van der Waals surface area contributed by atoms with Gasteiger partial charge in [-0.05, 0) is 19.2 Å². The van der Waals surface area contributed by atoms with Gasteiger partial charge in [0.25, 0.3) is 0 Å². The van der Waals surface area contributed by atoms with E-state index in [1.165, 1.54) is 5.69 Å². The average molecular weight is 674 g/mol. The number of hydrogen-bond acceptors (Lipinski definition) is 8. The minimum atomic E-state index is 0.145. The number of amides is 1. The third-order valence-corrected chi connectivity index (χ3v) is 10.4. The Hall–Kier alpha value is -3.96. The summed E-state index contributed by atoms with van der Waals surface area (Å²) in [5.41, 5.74) is 7.04. The molecule has 0 radical (unpaired) electrons. The lowest BCUT2D eigenvalue weighted by molar-refractivity contribution is -0.157. The van der Waals surface area contributed by atoms with Crippen molar-refractivity contribution in [3.05, 3.63) is 82.0 Å². The molecule has 0 unspecified atom stereocenters. The molecule has 0 atom stereocenters. The Morgan fingerprint density at radius 2 is 1.72 bits per heavy atom. The lowest BCUT2D eigenvalue weighted by atomic mass is 9.72. The number of likely N-dealkylation sites (N-methyl/N-ethyl adjacent to an activating group) is 1. The van der Waals surface area contributed by atoms with Gasteiger partial charge >= 0.3 is 0 Å². The quantitative estimate of drug-likeness (QED) is 0.259. The van der Waals surface area contributed by atoms with Crippen molar-refractivity contribution in [3.63, 3.8) is 0 Å². The number of carbonyl (C=O) groups excluding carboxylic acids is 1. The average Bonchev–Trinajstić information content (AvgIpc) is 3.34. The number of fused-ring (bicyclic) bond motifs is 1. The summed E-state index contributed by atoms with van der Waals surface area (Å²) in [6.07, 6.45) is 2.77. The number of carbonyl (C=O) groups is 1. The molecule has 12 heteroatoms. The minimum absolute atomic E-state index is 0.145. The fourth-order valence-corrected chi connectivity index (χ4v) is 7.73. The summed E-state index contributed by atoms with van der Waals surface area (Å²) in [4.78, 5) is 32.5. The molecule has 4 aromatic rings. The Morgan fingerprint density at radius 1 is 1.02 bits per heavy atom. The highest BCUT2D eigenvalue weighted by Gasteiger charge is 2.52. The predicted molar refractivity (Wildman–Crippen MR) is 185 cm³/mol. The zero-order valence-corrected chi connectivity index (χ0v) is 28.6. The first kappa shape index (κ1) is 31.6. The minimum Gasteiger partial charge on any atom is -0.481 e. The standard InChI is InChI=1S/C35H38Cl2N8O2/c1-21(33-40-28-16-42(3)13-12-29(28)43(33)4)39-27-11-7-9-25(31(27)37)24-8-6-10-26(30(24)36)32-38-14-23(34(41-32)47-5)15-44-17-35(18-44)19-45(20-35)22(2)46/h6-11,14,39H,1,12-13,15-20H2,2-5H3. The van der Waals surface area contributed by atoms with Crippen molar-refractivity contribution in [1.29, 1.82) is 0 Å². The number of nitrogens with zero attached hydrogens (tertiary/aromatic N) is 7. The van der Waals surface area contributed by atoms with E-state index in [0.717, 1.165) is 73.9 Å². The predicted octanol–water partition coefficient (Wildman–Crippen LogP) is 5.59. The van der Waals surface area contributed by atoms with Crippen molar-refractivity contribution < 1.29 is 9.53 Å². The van der Waals surface area contributed by atoms with Crippen molar-refractivity contribution >= 4 is 40.5 Å². The molecule has 2 aromatic carbocycles. The molecule has 0 saturated carbocycles. The second-order valence-electron chi connectivity index (χ2n) is 13.1. The van der Waals surface area contributed by atoms with Gasteiger partial charge in [0.05, 0.1) is 34.2 Å². The van der Waals surface area contributed by atoms with E-state index < -0.39 is 0 Å². The number of hydrogen-bond donors (Lipinski definition) is 1. The third-order valence-electron chi connectivity index (χ3n) is 9.56. The molecular formula is C35H38Cl2N8O2. The molecule has 0 aliphatic carbocycles. The molecule has 3 aliphatic rings. The maximum atomic E-state index is 11.6. The van der Waals surface area contributed by atoms with Crippen LogP contribution >= 0.6 is 23.2 Å². The van der Waals surface area contributed by atoms with Crippen LogP contribution in [0.3, 0.4) is 0 Å². The van der Waals surface area contributed by atoms with Crippen LogP contribution in [0, 0.1) is 5.41 Å². The van der Waals surface area contributed by atoms with E-state index in [1.807, 2.05) is 54.5 Å². The molecule has 47 heavy (non-hydrogen) atoms. The van der Waals surface area contributed by atoms with Crippen LogP contribution < -0.4 is 10.1 Å². The lowest BCUT2D eigenvalue weighted by Crippen LogP contribution is -2.72. The van der Waals surface area contributed by atoms with E-state index in [0.29, 0.717) is 45.2 Å². The third kappa shape index (κ3) is 5.77. The molecule has 7 rings (SSSR count). The zero-order chi connectivity index (χ0) is 33.0. The van der Waals surface area contributed by atoms with E-state index in [4.69, 9.17) is 42.9 Å². The van der Waals surface area contributed by atoms with Gasteiger partial charge in [0, 0.05) is 106 Å². The molecule has 5 heterocycles.